The summed E-state index contributed by atoms with van der Waals surface area (Å²) in [7, 11) is 0. The normalized spacial score (nSPS) is 14.4. The first-order chi connectivity index (χ1) is 27.3. The van der Waals surface area contributed by atoms with E-state index in [1.165, 1.54) is 77.2 Å². The van der Waals surface area contributed by atoms with Crippen molar-refractivity contribution in [1.82, 2.24) is 9.97 Å². The molecule has 0 saturated heterocycles. The zero-order valence-corrected chi connectivity index (χ0v) is 32.1. The maximum absolute atomic E-state index is 5.36. The van der Waals surface area contributed by atoms with E-state index < -0.39 is 0 Å². The van der Waals surface area contributed by atoms with Gasteiger partial charge in [-0.05, 0) is 101 Å². The van der Waals surface area contributed by atoms with Crippen molar-refractivity contribution in [3.63, 3.8) is 0 Å². The highest BCUT2D eigenvalue weighted by Gasteiger charge is 2.38. The second-order valence-electron chi connectivity index (χ2n) is 16.6. The van der Waals surface area contributed by atoms with Gasteiger partial charge in [0.15, 0.2) is 5.82 Å². The number of benzene rings is 8. The van der Waals surface area contributed by atoms with Crippen LogP contribution in [0.2, 0.25) is 0 Å². The zero-order chi connectivity index (χ0) is 37.8. The van der Waals surface area contributed by atoms with Crippen LogP contribution in [0.25, 0.3) is 88.8 Å². The molecular weight excluding hydrogens is 677 g/mol. The Bertz CT molecular complexity index is 3080. The van der Waals surface area contributed by atoms with Gasteiger partial charge in [-0.25, -0.2) is 9.97 Å². The molecule has 2 aliphatic carbocycles. The molecule has 2 heteroatoms. The summed E-state index contributed by atoms with van der Waals surface area (Å²) in [5.74, 6) is 0.722. The third-order valence-corrected chi connectivity index (χ3v) is 12.7. The molecule has 1 heterocycles. The van der Waals surface area contributed by atoms with Crippen molar-refractivity contribution in [3.05, 3.63) is 192 Å². The third-order valence-electron chi connectivity index (χ3n) is 12.7. The van der Waals surface area contributed by atoms with Crippen molar-refractivity contribution in [2.24, 2.45) is 0 Å². The molecule has 0 unspecified atom stereocenters. The SMILES string of the molecule is CC1(C)c2ccccc2-c2cc(-c3ccc(-c4cc(-c5cccc6c5-c5cc7ccccc7cc5C6(C)C)nc(-c5ccccc5)n4)c4ccccc34)ccc21. The first-order valence-corrected chi connectivity index (χ1v) is 19.7. The molecule has 56 heavy (non-hydrogen) atoms. The molecule has 0 fully saturated rings. The fourth-order valence-electron chi connectivity index (χ4n) is 9.79. The van der Waals surface area contributed by atoms with E-state index in [1.54, 1.807) is 0 Å². The van der Waals surface area contributed by atoms with Crippen LogP contribution in [-0.4, -0.2) is 9.97 Å². The van der Waals surface area contributed by atoms with E-state index in [4.69, 9.17) is 9.97 Å². The topological polar surface area (TPSA) is 25.8 Å². The van der Waals surface area contributed by atoms with Gasteiger partial charge in [0.25, 0.3) is 0 Å². The van der Waals surface area contributed by atoms with Crippen LogP contribution in [0, 0.1) is 0 Å². The van der Waals surface area contributed by atoms with Gasteiger partial charge in [-0.15, -0.1) is 0 Å². The molecule has 8 aromatic carbocycles. The van der Waals surface area contributed by atoms with Gasteiger partial charge in [-0.1, -0.05) is 173 Å². The van der Waals surface area contributed by atoms with Gasteiger partial charge in [0.05, 0.1) is 11.4 Å². The average molecular weight is 717 g/mol. The molecular formula is C54H40N2. The van der Waals surface area contributed by atoms with Crippen LogP contribution in [0.1, 0.15) is 49.9 Å². The lowest BCUT2D eigenvalue weighted by atomic mass is 9.81. The van der Waals surface area contributed by atoms with Gasteiger partial charge in [0.2, 0.25) is 0 Å². The molecule has 266 valence electrons. The predicted molar refractivity (Wildman–Crippen MR) is 234 cm³/mol. The Kier molecular flexibility index (Phi) is 6.98. The third kappa shape index (κ3) is 4.75. The van der Waals surface area contributed by atoms with Gasteiger partial charge in [0, 0.05) is 27.5 Å². The summed E-state index contributed by atoms with van der Waals surface area (Å²) in [5.41, 5.74) is 18.0. The lowest BCUT2D eigenvalue weighted by molar-refractivity contribution is 0.660. The van der Waals surface area contributed by atoms with Crippen LogP contribution < -0.4 is 0 Å². The number of aromatic nitrogens is 2. The molecule has 1 aromatic heterocycles. The maximum Gasteiger partial charge on any atom is 0.160 e. The minimum atomic E-state index is -0.149. The summed E-state index contributed by atoms with van der Waals surface area (Å²) in [5, 5.41) is 4.90. The highest BCUT2D eigenvalue weighted by molar-refractivity contribution is 6.06. The molecule has 9 aromatic rings. The Morgan fingerprint density at radius 1 is 0.339 bits per heavy atom. The fraction of sp³-hybridized carbons (Fsp3) is 0.111. The highest BCUT2D eigenvalue weighted by atomic mass is 14.9. The van der Waals surface area contributed by atoms with E-state index in [2.05, 4.69) is 191 Å². The maximum atomic E-state index is 5.36. The van der Waals surface area contributed by atoms with Crippen molar-refractivity contribution in [2.45, 2.75) is 38.5 Å². The highest BCUT2D eigenvalue weighted by Crippen LogP contribution is 2.54. The minimum absolute atomic E-state index is 0.0257. The number of nitrogens with zero attached hydrogens (tertiary/aromatic N) is 2. The van der Waals surface area contributed by atoms with Gasteiger partial charge < -0.3 is 0 Å². The van der Waals surface area contributed by atoms with Crippen molar-refractivity contribution in [1.29, 1.82) is 0 Å². The Hall–Kier alpha value is -6.64. The lowest BCUT2D eigenvalue weighted by Gasteiger charge is -2.22. The summed E-state index contributed by atoms with van der Waals surface area (Å²) in [6.45, 7) is 9.38. The van der Waals surface area contributed by atoms with Crippen molar-refractivity contribution in [2.75, 3.05) is 0 Å². The van der Waals surface area contributed by atoms with Gasteiger partial charge in [0.1, 0.15) is 0 Å². The van der Waals surface area contributed by atoms with E-state index in [-0.39, 0.29) is 10.8 Å². The summed E-state index contributed by atoms with van der Waals surface area (Å²) in [4.78, 5) is 10.7. The Morgan fingerprint density at radius 3 is 1.73 bits per heavy atom. The van der Waals surface area contributed by atoms with E-state index in [0.717, 1.165) is 33.9 Å². The summed E-state index contributed by atoms with van der Waals surface area (Å²) >= 11 is 0. The first-order valence-electron chi connectivity index (χ1n) is 19.7. The molecule has 0 spiro atoms. The van der Waals surface area contributed by atoms with E-state index >= 15 is 0 Å². The molecule has 0 atom stereocenters. The molecule has 2 nitrogen and oxygen atoms in total. The van der Waals surface area contributed by atoms with Crippen LogP contribution in [0.5, 0.6) is 0 Å². The summed E-state index contributed by atoms with van der Waals surface area (Å²) < 4.78 is 0. The van der Waals surface area contributed by atoms with E-state index in [1.807, 2.05) is 6.07 Å². The molecule has 2 aliphatic rings. The second-order valence-corrected chi connectivity index (χ2v) is 16.6. The smallest absolute Gasteiger partial charge is 0.160 e. The molecule has 11 rings (SSSR count). The van der Waals surface area contributed by atoms with Crippen molar-refractivity contribution in [3.8, 4) is 67.3 Å². The number of rotatable bonds is 4. The summed E-state index contributed by atoms with van der Waals surface area (Å²) in [6.07, 6.45) is 0. The van der Waals surface area contributed by atoms with Crippen molar-refractivity contribution >= 4 is 21.5 Å². The summed E-state index contributed by atoms with van der Waals surface area (Å²) in [6, 6.07) is 62.1. The van der Waals surface area contributed by atoms with Crippen molar-refractivity contribution < 1.29 is 0 Å². The Labute approximate surface area is 328 Å². The number of hydrogen-bond donors (Lipinski definition) is 0. The van der Waals surface area contributed by atoms with Crippen LogP contribution in [-0.2, 0) is 10.8 Å². The lowest BCUT2D eigenvalue weighted by Crippen LogP contribution is -2.14. The average Bonchev–Trinajstić information content (AvgIpc) is 3.61. The monoisotopic (exact) mass is 716 g/mol. The molecule has 0 aliphatic heterocycles. The van der Waals surface area contributed by atoms with Crippen LogP contribution in [0.3, 0.4) is 0 Å². The molecule has 0 amide bonds. The van der Waals surface area contributed by atoms with Gasteiger partial charge in [-0.3, -0.25) is 0 Å². The van der Waals surface area contributed by atoms with Crippen LogP contribution >= 0.6 is 0 Å². The van der Waals surface area contributed by atoms with E-state index in [0.29, 0.717) is 0 Å². The molecule has 0 saturated carbocycles. The quantitative estimate of drug-likeness (QED) is 0.181. The minimum Gasteiger partial charge on any atom is -0.228 e. The largest absolute Gasteiger partial charge is 0.228 e. The molecule has 0 N–H and O–H groups in total. The zero-order valence-electron chi connectivity index (χ0n) is 32.1. The fourth-order valence-corrected chi connectivity index (χ4v) is 9.79. The molecule has 0 radical (unpaired) electrons. The predicted octanol–water partition coefficient (Wildman–Crippen LogP) is 14.1. The standard InChI is InChI=1S/C54H40N2/c1-53(2)45-23-13-12-21-40(45)43-30-36(25-28-46(43)53)37-26-27-41(39-20-11-10-19-38(37)39)49-32-50(56-52(55-49)33-15-6-5-7-16-33)42-22-14-24-47-51(42)44-29-34-17-8-9-18-35(34)31-48(44)54(47,3)4/h5-32H,1-4H3. The first kappa shape index (κ1) is 32.8. The molecule has 0 bridgehead atoms. The van der Waals surface area contributed by atoms with Crippen LogP contribution in [0.4, 0.5) is 0 Å². The van der Waals surface area contributed by atoms with Gasteiger partial charge >= 0.3 is 0 Å². The number of hydrogen-bond acceptors (Lipinski definition) is 2. The van der Waals surface area contributed by atoms with E-state index in [9.17, 15) is 0 Å². The van der Waals surface area contributed by atoms with Gasteiger partial charge in [-0.2, -0.15) is 0 Å². The van der Waals surface area contributed by atoms with Crippen LogP contribution in [0.15, 0.2) is 170 Å². The Balaban J connectivity index is 1.11. The second kappa shape index (κ2) is 11.9. The number of fused-ring (bicyclic) bond motifs is 8. The Morgan fingerprint density at radius 2 is 0.929 bits per heavy atom.